The highest BCUT2D eigenvalue weighted by molar-refractivity contribution is 8.03. The molecule has 0 amide bonds. The quantitative estimate of drug-likeness (QED) is 0.460. The number of halogens is 1. The van der Waals surface area contributed by atoms with Crippen LogP contribution in [0.2, 0.25) is 0 Å². The molecule has 0 atom stereocenters. The Morgan fingerprint density at radius 1 is 1.25 bits per heavy atom. The molecule has 2 aromatic carbocycles. The summed E-state index contributed by atoms with van der Waals surface area (Å²) in [5.74, 6) is -0.632. The number of hydrogen-bond acceptors (Lipinski definition) is 5. The molecule has 0 saturated carbocycles. The van der Waals surface area contributed by atoms with Crippen LogP contribution in [0, 0.1) is 17.1 Å². The normalized spacial score (nSPS) is 15.0. The number of carbonyl (C=O) groups excluding carboxylic acids is 1. The number of thioether (sulfide) groups is 2. The van der Waals surface area contributed by atoms with E-state index in [1.165, 1.54) is 17.8 Å². The molecule has 1 heterocycles. The summed E-state index contributed by atoms with van der Waals surface area (Å²) in [7, 11) is 1.84. The van der Waals surface area contributed by atoms with Gasteiger partial charge < -0.3 is 4.90 Å². The molecule has 0 unspecified atom stereocenters. The molecule has 0 aliphatic carbocycles. The summed E-state index contributed by atoms with van der Waals surface area (Å²) in [6, 6.07) is 16.1. The topological polar surface area (TPSA) is 44.1 Å². The number of nitrogens with zero attached hydrogens (tertiary/aromatic N) is 2. The molecule has 1 aliphatic heterocycles. The van der Waals surface area contributed by atoms with Crippen molar-refractivity contribution in [2.45, 2.75) is 9.79 Å². The van der Waals surface area contributed by atoms with Gasteiger partial charge in [0, 0.05) is 16.8 Å². The Kier molecular flexibility index (Phi) is 4.93. The number of para-hydroxylation sites is 1. The molecule has 0 N–H and O–H groups in total. The Hall–Kier alpha value is -2.23. The number of anilines is 1. The minimum Gasteiger partial charge on any atom is -0.337 e. The Morgan fingerprint density at radius 3 is 2.67 bits per heavy atom. The molecule has 0 saturated heterocycles. The van der Waals surface area contributed by atoms with E-state index >= 15 is 0 Å². The second kappa shape index (κ2) is 7.12. The van der Waals surface area contributed by atoms with E-state index in [4.69, 9.17) is 0 Å². The Bertz CT molecular complexity index is 873. The molecule has 0 aromatic heterocycles. The predicted molar refractivity (Wildman–Crippen MR) is 95.5 cm³/mol. The van der Waals surface area contributed by atoms with Crippen molar-refractivity contribution < 1.29 is 9.18 Å². The molecule has 2 aromatic rings. The van der Waals surface area contributed by atoms with Crippen LogP contribution in [0.1, 0.15) is 0 Å². The number of fused-ring (bicyclic) bond motifs is 1. The highest BCUT2D eigenvalue weighted by atomic mass is 32.2. The summed E-state index contributed by atoms with van der Waals surface area (Å²) in [5.41, 5.74) is 1.09. The Morgan fingerprint density at radius 2 is 1.96 bits per heavy atom. The number of carbonyl (C=O) groups is 1. The zero-order valence-corrected chi connectivity index (χ0v) is 14.5. The molecule has 6 heteroatoms. The van der Waals surface area contributed by atoms with E-state index in [1.807, 2.05) is 42.3 Å². The summed E-state index contributed by atoms with van der Waals surface area (Å²) >= 11 is 2.51. The SMILES string of the molecule is CN1C(=C(C#N)C(=O)CSc2ccccc2F)Sc2ccccc21. The standard InChI is InChI=1S/C18H13FN2OS2/c1-21-14-7-3-5-9-17(14)24-18(21)12(10-20)15(22)11-23-16-8-4-2-6-13(16)19/h2-9H,11H2,1H3. The Labute approximate surface area is 148 Å². The number of allylic oxidation sites excluding steroid dienone is 1. The molecule has 1 aliphatic rings. The second-order valence-electron chi connectivity index (χ2n) is 5.06. The van der Waals surface area contributed by atoms with Crippen LogP contribution in [0.15, 0.2) is 68.9 Å². The van der Waals surface area contributed by atoms with Gasteiger partial charge in [0.25, 0.3) is 0 Å². The summed E-state index contributed by atoms with van der Waals surface area (Å²) in [6.45, 7) is 0. The number of nitriles is 1. The van der Waals surface area contributed by atoms with Gasteiger partial charge in [0.1, 0.15) is 22.5 Å². The molecule has 0 radical (unpaired) electrons. The van der Waals surface area contributed by atoms with E-state index in [9.17, 15) is 14.4 Å². The van der Waals surface area contributed by atoms with Crippen molar-refractivity contribution in [2.75, 3.05) is 17.7 Å². The zero-order valence-electron chi connectivity index (χ0n) is 12.8. The first-order chi connectivity index (χ1) is 11.6. The van der Waals surface area contributed by atoms with Crippen molar-refractivity contribution in [1.82, 2.24) is 0 Å². The van der Waals surface area contributed by atoms with E-state index in [-0.39, 0.29) is 22.9 Å². The maximum Gasteiger partial charge on any atom is 0.186 e. The van der Waals surface area contributed by atoms with Crippen LogP contribution in [-0.4, -0.2) is 18.6 Å². The van der Waals surface area contributed by atoms with Crippen molar-refractivity contribution in [2.24, 2.45) is 0 Å². The van der Waals surface area contributed by atoms with Gasteiger partial charge in [0.05, 0.1) is 11.4 Å². The van der Waals surface area contributed by atoms with Crippen molar-refractivity contribution >= 4 is 35.0 Å². The number of Topliss-reactive ketones (excluding diaryl/α,β-unsaturated/α-hetero) is 1. The fourth-order valence-electron chi connectivity index (χ4n) is 2.33. The lowest BCUT2D eigenvalue weighted by Crippen LogP contribution is -2.16. The first-order valence-corrected chi connectivity index (χ1v) is 8.97. The largest absolute Gasteiger partial charge is 0.337 e. The molecule has 3 rings (SSSR count). The second-order valence-corrected chi connectivity index (χ2v) is 7.11. The lowest BCUT2D eigenvalue weighted by molar-refractivity contribution is -0.112. The monoisotopic (exact) mass is 356 g/mol. The summed E-state index contributed by atoms with van der Waals surface area (Å²) in [6.07, 6.45) is 0. The third-order valence-corrected chi connectivity index (χ3v) is 5.82. The van der Waals surface area contributed by atoms with Crippen molar-refractivity contribution in [3.63, 3.8) is 0 Å². The van der Waals surface area contributed by atoms with Gasteiger partial charge in [-0.05, 0) is 24.3 Å². The van der Waals surface area contributed by atoms with Crippen LogP contribution in [0.3, 0.4) is 0 Å². The molecular formula is C18H13FN2OS2. The van der Waals surface area contributed by atoms with Gasteiger partial charge in [-0.25, -0.2) is 4.39 Å². The van der Waals surface area contributed by atoms with Crippen LogP contribution in [0.25, 0.3) is 0 Å². The molecule has 24 heavy (non-hydrogen) atoms. The average molecular weight is 356 g/mol. The third kappa shape index (κ3) is 3.18. The van der Waals surface area contributed by atoms with Crippen molar-refractivity contribution in [1.29, 1.82) is 5.26 Å². The van der Waals surface area contributed by atoms with Gasteiger partial charge in [0.2, 0.25) is 0 Å². The zero-order chi connectivity index (χ0) is 17.1. The molecule has 120 valence electrons. The summed E-state index contributed by atoms with van der Waals surface area (Å²) in [4.78, 5) is 15.7. The van der Waals surface area contributed by atoms with Gasteiger partial charge in [-0.3, -0.25) is 4.79 Å². The van der Waals surface area contributed by atoms with Crippen LogP contribution in [0.5, 0.6) is 0 Å². The molecule has 3 nitrogen and oxygen atoms in total. The van der Waals surface area contributed by atoms with Crippen LogP contribution in [0.4, 0.5) is 10.1 Å². The highest BCUT2D eigenvalue weighted by Gasteiger charge is 2.27. The molecule has 0 fully saturated rings. The smallest absolute Gasteiger partial charge is 0.186 e. The molecular weight excluding hydrogens is 343 g/mol. The van der Waals surface area contributed by atoms with Crippen LogP contribution in [-0.2, 0) is 4.79 Å². The maximum absolute atomic E-state index is 13.6. The average Bonchev–Trinajstić information content (AvgIpc) is 2.92. The molecule has 0 bridgehead atoms. The number of ketones is 1. The minimum absolute atomic E-state index is 0.0259. The van der Waals surface area contributed by atoms with Crippen molar-refractivity contribution in [3.8, 4) is 6.07 Å². The maximum atomic E-state index is 13.6. The van der Waals surface area contributed by atoms with E-state index in [0.717, 1.165) is 22.3 Å². The van der Waals surface area contributed by atoms with E-state index < -0.39 is 0 Å². The predicted octanol–water partition coefficient (Wildman–Crippen LogP) is 4.46. The fourth-order valence-corrected chi connectivity index (χ4v) is 4.30. The molecule has 0 spiro atoms. The minimum atomic E-state index is -0.360. The van der Waals surface area contributed by atoms with Gasteiger partial charge >= 0.3 is 0 Å². The Balaban J connectivity index is 1.81. The van der Waals surface area contributed by atoms with Crippen molar-refractivity contribution in [3.05, 3.63) is 65.0 Å². The van der Waals surface area contributed by atoms with Gasteiger partial charge in [-0.2, -0.15) is 5.26 Å². The summed E-state index contributed by atoms with van der Waals surface area (Å²) < 4.78 is 13.6. The number of hydrogen-bond donors (Lipinski definition) is 0. The number of rotatable bonds is 4. The van der Waals surface area contributed by atoms with Gasteiger partial charge in [0.15, 0.2) is 5.78 Å². The number of benzene rings is 2. The third-order valence-electron chi connectivity index (χ3n) is 3.54. The summed E-state index contributed by atoms with van der Waals surface area (Å²) in [5, 5.41) is 10.1. The van der Waals surface area contributed by atoms with Crippen LogP contribution < -0.4 is 4.90 Å². The van der Waals surface area contributed by atoms with E-state index in [0.29, 0.717) is 9.92 Å². The van der Waals surface area contributed by atoms with E-state index in [1.54, 1.807) is 18.2 Å². The highest BCUT2D eigenvalue weighted by Crippen LogP contribution is 2.46. The van der Waals surface area contributed by atoms with Gasteiger partial charge in [-0.1, -0.05) is 36.0 Å². The first kappa shape index (κ1) is 16.6. The van der Waals surface area contributed by atoms with Crippen LogP contribution >= 0.6 is 23.5 Å². The lowest BCUT2D eigenvalue weighted by atomic mass is 10.2. The fraction of sp³-hybridized carbons (Fsp3) is 0.111. The van der Waals surface area contributed by atoms with Gasteiger partial charge in [-0.15, -0.1) is 11.8 Å². The lowest BCUT2D eigenvalue weighted by Gasteiger charge is -2.14. The first-order valence-electron chi connectivity index (χ1n) is 7.17. The van der Waals surface area contributed by atoms with E-state index in [2.05, 4.69) is 0 Å².